The molecule has 0 bridgehead atoms. The van der Waals surface area contributed by atoms with Crippen LogP contribution in [0, 0.1) is 17.4 Å². The van der Waals surface area contributed by atoms with Crippen LogP contribution < -0.4 is 0 Å². The van der Waals surface area contributed by atoms with Crippen LogP contribution in [0.2, 0.25) is 0 Å². The first-order valence-corrected chi connectivity index (χ1v) is 7.16. The normalized spacial score (nSPS) is 11.1. The second-order valence-electron chi connectivity index (χ2n) is 3.95. The van der Waals surface area contributed by atoms with E-state index in [-0.39, 0.29) is 0 Å². The van der Waals surface area contributed by atoms with Crippen molar-refractivity contribution in [3.63, 3.8) is 0 Å². The van der Waals surface area contributed by atoms with Gasteiger partial charge in [-0.05, 0) is 82.0 Å². The van der Waals surface area contributed by atoms with E-state index < -0.39 is 0 Å². The van der Waals surface area contributed by atoms with Crippen molar-refractivity contribution in [2.75, 3.05) is 0 Å². The molecule has 3 heteroatoms. The molecule has 2 rings (SSSR count). The summed E-state index contributed by atoms with van der Waals surface area (Å²) in [6.45, 7) is 6.49. The van der Waals surface area contributed by atoms with Gasteiger partial charge in [-0.15, -0.1) is 0 Å². The molecule has 1 heterocycles. The maximum absolute atomic E-state index is 4.73. The van der Waals surface area contributed by atoms with Crippen LogP contribution in [0.3, 0.4) is 0 Å². The molecule has 0 spiro atoms. The molecule has 1 aromatic carbocycles. The number of aromatic nitrogens is 1. The molecule has 0 aliphatic rings. The summed E-state index contributed by atoms with van der Waals surface area (Å²) in [6.07, 6.45) is 0.995. The predicted octanol–water partition coefficient (Wildman–Crippen LogP) is 4.78. The molecular weight excluding hydrogens is 377 g/mol. The molecule has 84 valence electrons. The van der Waals surface area contributed by atoms with Crippen molar-refractivity contribution < 1.29 is 0 Å². The molecule has 0 aliphatic heterocycles. The van der Waals surface area contributed by atoms with Crippen molar-refractivity contribution in [3.8, 4) is 0 Å². The Morgan fingerprint density at radius 3 is 2.56 bits per heavy atom. The zero-order valence-corrected chi connectivity index (χ0v) is 13.3. The fraction of sp³-hybridized carbons (Fsp3) is 0.308. The summed E-state index contributed by atoms with van der Waals surface area (Å²) >= 11 is 5.91. The van der Waals surface area contributed by atoms with Gasteiger partial charge in [0.15, 0.2) is 0 Å². The minimum atomic E-state index is 0.995. The molecule has 0 atom stereocenters. The number of fused-ring (bicyclic) bond motifs is 1. The third-order valence-electron chi connectivity index (χ3n) is 3.03. The van der Waals surface area contributed by atoms with Crippen LogP contribution in [0.1, 0.15) is 23.7 Å². The van der Waals surface area contributed by atoms with Crippen LogP contribution in [0.15, 0.2) is 16.6 Å². The molecule has 0 fully saturated rings. The van der Waals surface area contributed by atoms with Crippen LogP contribution in [0.4, 0.5) is 0 Å². The van der Waals surface area contributed by atoms with Crippen molar-refractivity contribution in [1.29, 1.82) is 0 Å². The first kappa shape index (κ1) is 12.3. The molecular formula is C13H13BrIN. The van der Waals surface area contributed by atoms with Crippen molar-refractivity contribution >= 4 is 49.4 Å². The Morgan fingerprint density at radius 2 is 1.94 bits per heavy atom. The van der Waals surface area contributed by atoms with E-state index in [0.717, 1.165) is 16.4 Å². The van der Waals surface area contributed by atoms with E-state index in [9.17, 15) is 0 Å². The fourth-order valence-electron chi connectivity index (χ4n) is 1.92. The number of hydrogen-bond donors (Lipinski definition) is 0. The molecule has 16 heavy (non-hydrogen) atoms. The van der Waals surface area contributed by atoms with Crippen LogP contribution in [0.5, 0.6) is 0 Å². The Balaban J connectivity index is 2.87. The lowest BCUT2D eigenvalue weighted by Gasteiger charge is -2.11. The molecule has 0 unspecified atom stereocenters. The van der Waals surface area contributed by atoms with Gasteiger partial charge in [0, 0.05) is 19.1 Å². The van der Waals surface area contributed by atoms with Gasteiger partial charge in [-0.3, -0.25) is 4.98 Å². The van der Waals surface area contributed by atoms with E-state index in [4.69, 9.17) is 4.98 Å². The molecule has 0 amide bonds. The number of halogens is 2. The quantitative estimate of drug-likeness (QED) is 0.639. The van der Waals surface area contributed by atoms with Gasteiger partial charge in [0.2, 0.25) is 0 Å². The SMILES string of the molecule is CCc1nc2cc(I)c(Br)cc2c(C)c1C. The second kappa shape index (κ2) is 4.61. The largest absolute Gasteiger partial charge is 0.253 e. The Hall–Kier alpha value is -0.160. The summed E-state index contributed by atoms with van der Waals surface area (Å²) in [4.78, 5) is 4.73. The molecule has 0 N–H and O–H groups in total. The van der Waals surface area contributed by atoms with E-state index >= 15 is 0 Å². The minimum Gasteiger partial charge on any atom is -0.253 e. The number of rotatable bonds is 1. The van der Waals surface area contributed by atoms with Gasteiger partial charge in [-0.25, -0.2) is 0 Å². The summed E-state index contributed by atoms with van der Waals surface area (Å²) in [6, 6.07) is 4.32. The van der Waals surface area contributed by atoms with Gasteiger partial charge >= 0.3 is 0 Å². The lowest BCUT2D eigenvalue weighted by molar-refractivity contribution is 1.02. The van der Waals surface area contributed by atoms with E-state index in [1.807, 2.05) is 0 Å². The van der Waals surface area contributed by atoms with Crippen LogP contribution >= 0.6 is 38.5 Å². The number of nitrogens with zero attached hydrogens (tertiary/aromatic N) is 1. The highest BCUT2D eigenvalue weighted by Crippen LogP contribution is 2.29. The van der Waals surface area contributed by atoms with E-state index in [1.54, 1.807) is 0 Å². The van der Waals surface area contributed by atoms with Gasteiger partial charge in [0.05, 0.1) is 5.52 Å². The van der Waals surface area contributed by atoms with Crippen LogP contribution in [-0.2, 0) is 6.42 Å². The molecule has 0 aliphatic carbocycles. The second-order valence-corrected chi connectivity index (χ2v) is 5.96. The predicted molar refractivity (Wildman–Crippen MR) is 81.0 cm³/mol. The molecule has 0 saturated heterocycles. The van der Waals surface area contributed by atoms with Crippen LogP contribution in [-0.4, -0.2) is 4.98 Å². The first-order chi connectivity index (χ1) is 7.54. The molecule has 0 radical (unpaired) electrons. The summed E-state index contributed by atoms with van der Waals surface area (Å²) in [7, 11) is 0. The smallest absolute Gasteiger partial charge is 0.0719 e. The lowest BCUT2D eigenvalue weighted by Crippen LogP contribution is -1.97. The van der Waals surface area contributed by atoms with E-state index in [2.05, 4.69) is 71.4 Å². The summed E-state index contributed by atoms with van der Waals surface area (Å²) in [5.74, 6) is 0. The standard InChI is InChI=1S/C13H13BrIN/c1-4-12-8(3)7(2)9-5-10(14)11(15)6-13(9)16-12/h5-6H,4H2,1-3H3. The number of benzene rings is 1. The number of aryl methyl sites for hydroxylation is 2. The number of pyridine rings is 1. The van der Waals surface area contributed by atoms with Gasteiger partial charge in [-0.1, -0.05) is 6.92 Å². The Morgan fingerprint density at radius 1 is 1.25 bits per heavy atom. The highest BCUT2D eigenvalue weighted by Gasteiger charge is 2.09. The Labute approximate surface area is 118 Å². The minimum absolute atomic E-state index is 0.995. The molecule has 0 saturated carbocycles. The number of hydrogen-bond acceptors (Lipinski definition) is 1. The summed E-state index contributed by atoms with van der Waals surface area (Å²) < 4.78 is 2.36. The average Bonchev–Trinajstić information content (AvgIpc) is 2.26. The van der Waals surface area contributed by atoms with Crippen LogP contribution in [0.25, 0.3) is 10.9 Å². The summed E-state index contributed by atoms with van der Waals surface area (Å²) in [5, 5.41) is 1.25. The van der Waals surface area contributed by atoms with E-state index in [0.29, 0.717) is 0 Å². The van der Waals surface area contributed by atoms with E-state index in [1.165, 1.54) is 25.8 Å². The average molecular weight is 390 g/mol. The molecule has 1 aromatic heterocycles. The van der Waals surface area contributed by atoms with Gasteiger partial charge in [0.1, 0.15) is 0 Å². The van der Waals surface area contributed by atoms with Gasteiger partial charge in [0.25, 0.3) is 0 Å². The monoisotopic (exact) mass is 389 g/mol. The first-order valence-electron chi connectivity index (χ1n) is 5.29. The molecule has 2 aromatic rings. The van der Waals surface area contributed by atoms with Crippen molar-refractivity contribution in [1.82, 2.24) is 4.98 Å². The summed E-state index contributed by atoms with van der Waals surface area (Å²) in [5.41, 5.74) is 4.98. The van der Waals surface area contributed by atoms with Crippen molar-refractivity contribution in [2.45, 2.75) is 27.2 Å². The maximum atomic E-state index is 4.73. The zero-order valence-electron chi connectivity index (χ0n) is 9.56. The highest BCUT2D eigenvalue weighted by molar-refractivity contribution is 14.1. The van der Waals surface area contributed by atoms with Crippen molar-refractivity contribution in [2.24, 2.45) is 0 Å². The highest BCUT2D eigenvalue weighted by atomic mass is 127. The third kappa shape index (κ3) is 1.99. The zero-order chi connectivity index (χ0) is 11.9. The molecule has 1 nitrogen and oxygen atoms in total. The lowest BCUT2D eigenvalue weighted by atomic mass is 10.0. The Bertz CT molecular complexity index is 564. The maximum Gasteiger partial charge on any atom is 0.0719 e. The third-order valence-corrected chi connectivity index (χ3v) is 5.32. The Kier molecular flexibility index (Phi) is 3.54. The van der Waals surface area contributed by atoms with Gasteiger partial charge < -0.3 is 0 Å². The van der Waals surface area contributed by atoms with Gasteiger partial charge in [-0.2, -0.15) is 0 Å². The topological polar surface area (TPSA) is 12.9 Å². The fourth-order valence-corrected chi connectivity index (χ4v) is 2.72. The van der Waals surface area contributed by atoms with Crippen molar-refractivity contribution in [3.05, 3.63) is 37.0 Å².